The molecule has 0 aromatic heterocycles. The molecule has 0 atom stereocenters. The second kappa shape index (κ2) is 18.5. The van der Waals surface area contributed by atoms with Crippen LogP contribution in [0.2, 0.25) is 0 Å². The first-order chi connectivity index (χ1) is 10.8. The Hall–Kier alpha value is -0.530. The molecular formula is C20H39O2. The molecule has 2 nitrogen and oxygen atoms in total. The van der Waals surface area contributed by atoms with Crippen LogP contribution in [0.5, 0.6) is 0 Å². The number of carbonyl (C=O) groups excluding carboxylic acids is 1. The zero-order valence-corrected chi connectivity index (χ0v) is 15.2. The van der Waals surface area contributed by atoms with Crippen LogP contribution in [-0.4, -0.2) is 5.97 Å². The first-order valence-electron chi connectivity index (χ1n) is 9.76. The summed E-state index contributed by atoms with van der Waals surface area (Å²) < 4.78 is 4.80. The molecule has 2 heteroatoms. The zero-order chi connectivity index (χ0) is 16.3. The number of unbranched alkanes of at least 4 members (excludes halogenated alkanes) is 15. The Bertz CT molecular complexity index is 226. The molecule has 0 spiro atoms. The fourth-order valence-corrected chi connectivity index (χ4v) is 2.78. The van der Waals surface area contributed by atoms with E-state index in [2.05, 4.69) is 6.92 Å². The first-order valence-corrected chi connectivity index (χ1v) is 9.76. The lowest BCUT2D eigenvalue weighted by Crippen LogP contribution is -1.94. The average Bonchev–Trinajstić information content (AvgIpc) is 2.50. The number of esters is 1. The Morgan fingerprint density at radius 1 is 0.682 bits per heavy atom. The predicted molar refractivity (Wildman–Crippen MR) is 95.6 cm³/mol. The standard InChI is InChI=1S/C20H39O2/c1-3-4-5-6-7-8-9-10-11-12-13-14-15-16-17-18-19-22-20(2)21/h19H,3-18H2,1-2H3. The minimum atomic E-state index is -0.207. The van der Waals surface area contributed by atoms with Crippen molar-refractivity contribution in [2.24, 2.45) is 0 Å². The van der Waals surface area contributed by atoms with Crippen molar-refractivity contribution in [3.63, 3.8) is 0 Å². The molecule has 0 N–H and O–H groups in total. The summed E-state index contributed by atoms with van der Waals surface area (Å²) in [6, 6.07) is 0. The molecule has 22 heavy (non-hydrogen) atoms. The molecule has 131 valence electrons. The molecule has 0 saturated carbocycles. The number of hydrogen-bond acceptors (Lipinski definition) is 2. The smallest absolute Gasteiger partial charge is 0.303 e. The fourth-order valence-electron chi connectivity index (χ4n) is 2.78. The van der Waals surface area contributed by atoms with Gasteiger partial charge in [0, 0.05) is 6.92 Å². The van der Waals surface area contributed by atoms with Crippen LogP contribution in [0.3, 0.4) is 0 Å². The van der Waals surface area contributed by atoms with Gasteiger partial charge in [-0.25, -0.2) is 0 Å². The van der Waals surface area contributed by atoms with Crippen LogP contribution in [0, 0.1) is 6.61 Å². The Balaban J connectivity index is 2.95. The molecular weight excluding hydrogens is 272 g/mol. The summed E-state index contributed by atoms with van der Waals surface area (Å²) >= 11 is 0. The number of ether oxygens (including phenoxy) is 1. The van der Waals surface area contributed by atoms with Gasteiger partial charge in [-0.05, 0) is 12.8 Å². The van der Waals surface area contributed by atoms with E-state index in [0.29, 0.717) is 0 Å². The van der Waals surface area contributed by atoms with Crippen molar-refractivity contribution in [2.45, 2.75) is 117 Å². The summed E-state index contributed by atoms with van der Waals surface area (Å²) in [5, 5.41) is 0. The summed E-state index contributed by atoms with van der Waals surface area (Å²) in [7, 11) is 0. The predicted octanol–water partition coefficient (Wildman–Crippen LogP) is 6.97. The number of rotatable bonds is 17. The molecule has 0 heterocycles. The third-order valence-electron chi connectivity index (χ3n) is 4.17. The molecule has 0 saturated heterocycles. The molecule has 0 aromatic carbocycles. The van der Waals surface area contributed by atoms with Gasteiger partial charge in [0.15, 0.2) is 0 Å². The highest BCUT2D eigenvalue weighted by Crippen LogP contribution is 2.13. The molecule has 0 aliphatic heterocycles. The Kier molecular flexibility index (Phi) is 18.1. The minimum Gasteiger partial charge on any atom is -0.459 e. The highest BCUT2D eigenvalue weighted by molar-refractivity contribution is 5.66. The first kappa shape index (κ1) is 21.5. The fraction of sp³-hybridized carbons (Fsp3) is 0.900. The molecule has 0 amide bonds. The Morgan fingerprint density at radius 3 is 1.41 bits per heavy atom. The van der Waals surface area contributed by atoms with Crippen molar-refractivity contribution in [3.05, 3.63) is 6.61 Å². The van der Waals surface area contributed by atoms with Gasteiger partial charge in [-0.1, -0.05) is 96.8 Å². The van der Waals surface area contributed by atoms with Gasteiger partial charge in [-0.3, -0.25) is 4.79 Å². The highest BCUT2D eigenvalue weighted by Gasteiger charge is 1.96. The second-order valence-electron chi connectivity index (χ2n) is 6.51. The number of hydrogen-bond donors (Lipinski definition) is 0. The van der Waals surface area contributed by atoms with Gasteiger partial charge in [-0.2, -0.15) is 0 Å². The Morgan fingerprint density at radius 2 is 1.05 bits per heavy atom. The van der Waals surface area contributed by atoms with E-state index >= 15 is 0 Å². The maximum atomic E-state index is 10.6. The quantitative estimate of drug-likeness (QED) is 0.214. The van der Waals surface area contributed by atoms with Crippen molar-refractivity contribution in [3.8, 4) is 0 Å². The SMILES string of the molecule is CCCCCCCCCCCCCCCCC[CH]OC(C)=O. The Labute approximate surface area is 139 Å². The molecule has 0 aliphatic rings. The van der Waals surface area contributed by atoms with Gasteiger partial charge in [0.25, 0.3) is 0 Å². The monoisotopic (exact) mass is 311 g/mol. The second-order valence-corrected chi connectivity index (χ2v) is 6.51. The van der Waals surface area contributed by atoms with E-state index in [1.54, 1.807) is 6.61 Å². The minimum absolute atomic E-state index is 0.207. The summed E-state index contributed by atoms with van der Waals surface area (Å²) in [6.45, 7) is 5.37. The van der Waals surface area contributed by atoms with Gasteiger partial charge < -0.3 is 4.74 Å². The molecule has 0 unspecified atom stereocenters. The van der Waals surface area contributed by atoms with Crippen LogP contribution < -0.4 is 0 Å². The van der Waals surface area contributed by atoms with E-state index in [1.807, 2.05) is 0 Å². The molecule has 0 aliphatic carbocycles. The van der Waals surface area contributed by atoms with Crippen LogP contribution in [0.15, 0.2) is 0 Å². The molecule has 0 aromatic rings. The van der Waals surface area contributed by atoms with Crippen molar-refractivity contribution in [2.75, 3.05) is 0 Å². The van der Waals surface area contributed by atoms with Crippen LogP contribution in [0.4, 0.5) is 0 Å². The third kappa shape index (κ3) is 19.5. The molecule has 0 fully saturated rings. The van der Waals surface area contributed by atoms with Gasteiger partial charge in [-0.15, -0.1) is 0 Å². The normalized spacial score (nSPS) is 10.8. The van der Waals surface area contributed by atoms with Crippen LogP contribution >= 0.6 is 0 Å². The number of carbonyl (C=O) groups is 1. The third-order valence-corrected chi connectivity index (χ3v) is 4.17. The van der Waals surface area contributed by atoms with Crippen molar-refractivity contribution in [1.82, 2.24) is 0 Å². The van der Waals surface area contributed by atoms with Gasteiger partial charge in [0.1, 0.15) is 6.61 Å². The van der Waals surface area contributed by atoms with E-state index in [4.69, 9.17) is 4.74 Å². The zero-order valence-electron chi connectivity index (χ0n) is 15.2. The maximum Gasteiger partial charge on any atom is 0.303 e. The van der Waals surface area contributed by atoms with Gasteiger partial charge in [0.2, 0.25) is 0 Å². The van der Waals surface area contributed by atoms with Crippen molar-refractivity contribution < 1.29 is 9.53 Å². The van der Waals surface area contributed by atoms with Crippen molar-refractivity contribution in [1.29, 1.82) is 0 Å². The highest BCUT2D eigenvalue weighted by atomic mass is 16.5. The summed E-state index contributed by atoms with van der Waals surface area (Å²) in [5.41, 5.74) is 0. The van der Waals surface area contributed by atoms with Gasteiger partial charge in [0.05, 0.1) is 0 Å². The van der Waals surface area contributed by atoms with E-state index in [1.165, 1.54) is 96.8 Å². The lowest BCUT2D eigenvalue weighted by molar-refractivity contribution is -0.137. The summed E-state index contributed by atoms with van der Waals surface area (Å²) in [6.07, 6.45) is 21.7. The summed E-state index contributed by atoms with van der Waals surface area (Å²) in [4.78, 5) is 10.6. The van der Waals surface area contributed by atoms with E-state index in [0.717, 1.165) is 12.8 Å². The van der Waals surface area contributed by atoms with Crippen molar-refractivity contribution >= 4 is 5.97 Å². The van der Waals surface area contributed by atoms with E-state index in [9.17, 15) is 4.79 Å². The summed E-state index contributed by atoms with van der Waals surface area (Å²) in [5.74, 6) is -0.207. The average molecular weight is 312 g/mol. The van der Waals surface area contributed by atoms with Crippen LogP contribution in [0.25, 0.3) is 0 Å². The van der Waals surface area contributed by atoms with Crippen LogP contribution in [0.1, 0.15) is 117 Å². The molecule has 1 radical (unpaired) electrons. The van der Waals surface area contributed by atoms with Crippen LogP contribution in [-0.2, 0) is 9.53 Å². The molecule has 0 bridgehead atoms. The van der Waals surface area contributed by atoms with E-state index in [-0.39, 0.29) is 5.97 Å². The largest absolute Gasteiger partial charge is 0.459 e. The topological polar surface area (TPSA) is 26.3 Å². The maximum absolute atomic E-state index is 10.6. The lowest BCUT2D eigenvalue weighted by atomic mass is 10.0. The molecule has 0 rings (SSSR count). The van der Waals surface area contributed by atoms with Gasteiger partial charge >= 0.3 is 5.97 Å². The van der Waals surface area contributed by atoms with E-state index < -0.39 is 0 Å². The lowest BCUT2D eigenvalue weighted by Gasteiger charge is -2.03.